The maximum Gasteiger partial charge on any atom is 0.309 e. The van der Waals surface area contributed by atoms with Crippen LogP contribution in [-0.4, -0.2) is 28.1 Å². The largest absolute Gasteiger partial charge is 0.481 e. The van der Waals surface area contributed by atoms with Gasteiger partial charge in [0.1, 0.15) is 11.2 Å². The molecular weight excluding hydrogens is 320 g/mol. The monoisotopic (exact) mass is 348 g/mol. The van der Waals surface area contributed by atoms with Crippen LogP contribution in [0.2, 0.25) is 0 Å². The molecule has 0 radical (unpaired) electrons. The van der Waals surface area contributed by atoms with Gasteiger partial charge in [-0.2, -0.15) is 0 Å². The Balaban J connectivity index is 1.87. The minimum absolute atomic E-state index is 0.0462. The molecular formula is C20H28O5. The van der Waals surface area contributed by atoms with Crippen LogP contribution in [0.25, 0.3) is 0 Å². The number of hydrogen-bond acceptors (Lipinski definition) is 4. The predicted octanol–water partition coefficient (Wildman–Crippen LogP) is 3.67. The molecule has 3 fully saturated rings. The van der Waals surface area contributed by atoms with Crippen molar-refractivity contribution < 1.29 is 24.5 Å². The zero-order valence-electron chi connectivity index (χ0n) is 15.6. The Kier molecular flexibility index (Phi) is 3.41. The minimum atomic E-state index is -0.893. The minimum Gasteiger partial charge on any atom is -0.481 e. The van der Waals surface area contributed by atoms with Crippen LogP contribution in [0.4, 0.5) is 0 Å². The second-order valence-corrected chi connectivity index (χ2v) is 9.33. The van der Waals surface area contributed by atoms with Gasteiger partial charge >= 0.3 is 5.97 Å². The fourth-order valence-corrected chi connectivity index (χ4v) is 6.15. The third-order valence-electron chi connectivity index (χ3n) is 8.04. The first kappa shape index (κ1) is 17.2. The molecule has 5 heteroatoms. The quantitative estimate of drug-likeness (QED) is 0.771. The number of carbonyl (C=O) groups excluding carboxylic acids is 1. The van der Waals surface area contributed by atoms with E-state index in [1.165, 1.54) is 0 Å². The van der Waals surface area contributed by atoms with Gasteiger partial charge < -0.3 is 5.11 Å². The van der Waals surface area contributed by atoms with Crippen molar-refractivity contribution in [3.8, 4) is 0 Å². The van der Waals surface area contributed by atoms with Gasteiger partial charge in [-0.25, -0.2) is 9.78 Å². The van der Waals surface area contributed by atoms with Gasteiger partial charge in [0.25, 0.3) is 0 Å². The molecule has 138 valence electrons. The van der Waals surface area contributed by atoms with E-state index in [4.69, 9.17) is 9.78 Å². The molecule has 0 aromatic heterocycles. The second-order valence-electron chi connectivity index (χ2n) is 9.33. The van der Waals surface area contributed by atoms with Crippen LogP contribution < -0.4 is 0 Å². The van der Waals surface area contributed by atoms with Crippen LogP contribution in [0.5, 0.6) is 0 Å². The van der Waals surface area contributed by atoms with Gasteiger partial charge in [0, 0.05) is 17.4 Å². The Bertz CT molecular complexity index is 670. The van der Waals surface area contributed by atoms with Crippen molar-refractivity contribution in [2.24, 2.45) is 22.7 Å². The van der Waals surface area contributed by atoms with Crippen molar-refractivity contribution in [2.75, 3.05) is 0 Å². The van der Waals surface area contributed by atoms with Gasteiger partial charge in [0.2, 0.25) is 0 Å². The number of fused-ring (bicyclic) bond motifs is 3. The molecule has 0 unspecified atom stereocenters. The number of Topliss-reactive ketones (excluding diaryl/α,β-unsaturated/α-hetero) is 1. The Morgan fingerprint density at radius 2 is 1.92 bits per heavy atom. The van der Waals surface area contributed by atoms with Crippen LogP contribution in [0.1, 0.15) is 66.2 Å². The van der Waals surface area contributed by atoms with Crippen LogP contribution in [0.15, 0.2) is 11.6 Å². The Hall–Kier alpha value is -1.20. The predicted molar refractivity (Wildman–Crippen MR) is 90.6 cm³/mol. The number of hydrogen-bond donors (Lipinski definition) is 1. The summed E-state index contributed by atoms with van der Waals surface area (Å²) in [6.45, 7) is 8.09. The summed E-state index contributed by atoms with van der Waals surface area (Å²) in [4.78, 5) is 37.1. The molecule has 25 heavy (non-hydrogen) atoms. The first-order valence-electron chi connectivity index (χ1n) is 9.48. The summed E-state index contributed by atoms with van der Waals surface area (Å²) >= 11 is 0. The van der Waals surface area contributed by atoms with E-state index >= 15 is 0 Å². The summed E-state index contributed by atoms with van der Waals surface area (Å²) in [6.07, 6.45) is 6.16. The molecule has 0 amide bonds. The molecule has 5 aliphatic rings. The van der Waals surface area contributed by atoms with E-state index in [1.807, 2.05) is 6.08 Å². The van der Waals surface area contributed by atoms with Crippen LogP contribution in [0, 0.1) is 22.7 Å². The lowest BCUT2D eigenvalue weighted by Gasteiger charge is -2.65. The van der Waals surface area contributed by atoms with Gasteiger partial charge in [-0.1, -0.05) is 27.2 Å². The Morgan fingerprint density at radius 3 is 2.48 bits per heavy atom. The van der Waals surface area contributed by atoms with Gasteiger partial charge in [-0.3, -0.25) is 9.59 Å². The molecule has 1 N–H and O–H groups in total. The van der Waals surface area contributed by atoms with Crippen LogP contribution in [0.3, 0.4) is 0 Å². The number of ketones is 1. The zero-order chi connectivity index (χ0) is 18.3. The van der Waals surface area contributed by atoms with Crippen molar-refractivity contribution >= 4 is 11.8 Å². The second kappa shape index (κ2) is 4.95. The molecule has 2 aliphatic heterocycles. The average molecular weight is 348 g/mol. The van der Waals surface area contributed by atoms with Crippen molar-refractivity contribution in [1.29, 1.82) is 0 Å². The smallest absolute Gasteiger partial charge is 0.309 e. The van der Waals surface area contributed by atoms with Gasteiger partial charge in [-0.15, -0.1) is 0 Å². The third kappa shape index (κ3) is 1.86. The maximum atomic E-state index is 13.1. The van der Waals surface area contributed by atoms with E-state index in [0.29, 0.717) is 12.8 Å². The van der Waals surface area contributed by atoms with Gasteiger partial charge in [0.15, 0.2) is 5.78 Å². The topological polar surface area (TPSA) is 72.8 Å². The van der Waals surface area contributed by atoms with Crippen molar-refractivity contribution in [2.45, 2.75) is 77.4 Å². The number of aliphatic carboxylic acids is 1. The average Bonchev–Trinajstić information content (AvgIpc) is 2.58. The summed E-state index contributed by atoms with van der Waals surface area (Å²) in [6, 6.07) is 0. The lowest BCUT2D eigenvalue weighted by Crippen LogP contribution is -2.69. The Labute approximate surface area is 148 Å². The molecule has 1 saturated heterocycles. The Morgan fingerprint density at radius 1 is 1.20 bits per heavy atom. The fourth-order valence-electron chi connectivity index (χ4n) is 6.15. The van der Waals surface area contributed by atoms with E-state index in [0.717, 1.165) is 31.3 Å². The SMILES string of the molecule is CC(C)[C@]12C=C3C(=O)C[C@H]4[C@](C)(C(=O)O)CCC[C@]4(C)[C@@]3(CC1)OO2. The number of rotatable bonds is 2. The molecule has 2 heterocycles. The van der Waals surface area contributed by atoms with E-state index in [1.54, 1.807) is 6.92 Å². The molecule has 3 aliphatic carbocycles. The van der Waals surface area contributed by atoms with E-state index in [2.05, 4.69) is 20.8 Å². The number of carboxylic acids is 1. The summed E-state index contributed by atoms with van der Waals surface area (Å²) < 4.78 is 0. The summed E-state index contributed by atoms with van der Waals surface area (Å²) in [7, 11) is 0. The van der Waals surface area contributed by atoms with Crippen LogP contribution >= 0.6 is 0 Å². The molecule has 1 spiro atoms. The molecule has 5 rings (SSSR count). The van der Waals surface area contributed by atoms with Crippen molar-refractivity contribution in [1.82, 2.24) is 0 Å². The molecule has 5 atom stereocenters. The molecule has 2 bridgehead atoms. The highest BCUT2D eigenvalue weighted by molar-refractivity contribution is 6.00. The summed E-state index contributed by atoms with van der Waals surface area (Å²) in [5.74, 6) is -0.773. The summed E-state index contributed by atoms with van der Waals surface area (Å²) in [5.41, 5.74) is -1.87. The molecule has 5 nitrogen and oxygen atoms in total. The number of carbonyl (C=O) groups is 2. The summed E-state index contributed by atoms with van der Waals surface area (Å²) in [5, 5.41) is 9.92. The normalized spacial score (nSPS) is 48.8. The number of carboxylic acid groups (broad SMARTS) is 1. The van der Waals surface area contributed by atoms with E-state index < -0.39 is 28.0 Å². The fraction of sp³-hybridized carbons (Fsp3) is 0.800. The highest BCUT2D eigenvalue weighted by atomic mass is 17.2. The molecule has 0 aromatic carbocycles. The van der Waals surface area contributed by atoms with Crippen LogP contribution in [-0.2, 0) is 19.4 Å². The van der Waals surface area contributed by atoms with Gasteiger partial charge in [-0.05, 0) is 50.5 Å². The lowest BCUT2D eigenvalue weighted by atomic mass is 9.43. The zero-order valence-corrected chi connectivity index (χ0v) is 15.6. The first-order valence-corrected chi connectivity index (χ1v) is 9.48. The van der Waals surface area contributed by atoms with E-state index in [-0.39, 0.29) is 17.6 Å². The first-order chi connectivity index (χ1) is 11.6. The highest BCUT2D eigenvalue weighted by Gasteiger charge is 2.71. The standard InChI is InChI=1S/C20H28O5/c1-12(2)19-8-9-20(25-24-19)13(11-19)14(21)10-15-17(3,16(22)23)6-5-7-18(15,20)4/h11-12,15H,5-10H2,1-4H3,(H,22,23)/t15-,17+,18-,19+,20-/m0/s1. The molecule has 0 aromatic rings. The lowest BCUT2D eigenvalue weighted by molar-refractivity contribution is -0.462. The molecule has 2 saturated carbocycles. The van der Waals surface area contributed by atoms with Crippen molar-refractivity contribution in [3.05, 3.63) is 11.6 Å². The van der Waals surface area contributed by atoms with Crippen molar-refractivity contribution in [3.63, 3.8) is 0 Å². The maximum absolute atomic E-state index is 13.1. The highest BCUT2D eigenvalue weighted by Crippen LogP contribution is 2.67. The van der Waals surface area contributed by atoms with E-state index in [9.17, 15) is 14.7 Å². The van der Waals surface area contributed by atoms with Gasteiger partial charge in [0.05, 0.1) is 5.41 Å². The third-order valence-corrected chi connectivity index (χ3v) is 8.04.